The quantitative estimate of drug-likeness (QED) is 0.815. The van der Waals surface area contributed by atoms with Crippen LogP contribution in [0.4, 0.5) is 0 Å². The van der Waals surface area contributed by atoms with E-state index in [0.29, 0.717) is 4.75 Å². The lowest BCUT2D eigenvalue weighted by Gasteiger charge is -2.23. The number of rotatable bonds is 2. The summed E-state index contributed by atoms with van der Waals surface area (Å²) < 4.78 is 3.28. The van der Waals surface area contributed by atoms with Crippen LogP contribution in [0, 0.1) is 4.77 Å². The maximum atomic E-state index is 6.08. The Labute approximate surface area is 121 Å². The van der Waals surface area contributed by atoms with Gasteiger partial charge in [-0.2, -0.15) is 11.8 Å². The van der Waals surface area contributed by atoms with Crippen LogP contribution in [0.3, 0.4) is 0 Å². The Balaban J connectivity index is 2.08. The van der Waals surface area contributed by atoms with Gasteiger partial charge in [0.25, 0.3) is 0 Å². The van der Waals surface area contributed by atoms with Gasteiger partial charge in [-0.15, -0.1) is 0 Å². The highest BCUT2D eigenvalue weighted by Crippen LogP contribution is 2.39. The van der Waals surface area contributed by atoms with Crippen molar-refractivity contribution in [3.8, 4) is 0 Å². The van der Waals surface area contributed by atoms with E-state index in [1.165, 1.54) is 18.6 Å². The number of imidazole rings is 1. The van der Waals surface area contributed by atoms with E-state index in [2.05, 4.69) is 28.2 Å². The molecule has 0 bridgehead atoms. The molecule has 0 radical (unpaired) electrons. The third kappa shape index (κ3) is 2.22. The Morgan fingerprint density at radius 1 is 1.56 bits per heavy atom. The molecule has 1 saturated heterocycles. The molecule has 1 aromatic carbocycles. The van der Waals surface area contributed by atoms with Crippen LogP contribution in [0.25, 0.3) is 11.0 Å². The summed E-state index contributed by atoms with van der Waals surface area (Å²) >= 11 is 13.6. The zero-order chi connectivity index (χ0) is 12.8. The van der Waals surface area contributed by atoms with Gasteiger partial charge in [-0.3, -0.25) is 0 Å². The largest absolute Gasteiger partial charge is 0.331 e. The molecule has 0 aliphatic carbocycles. The molecule has 1 atom stereocenters. The van der Waals surface area contributed by atoms with Gasteiger partial charge >= 0.3 is 0 Å². The SMILES string of the molecule is CC1(Cn2c(=S)[nH]c3ccc(Cl)cc32)CCCS1. The first-order valence-corrected chi connectivity index (χ1v) is 7.87. The maximum Gasteiger partial charge on any atom is 0.178 e. The number of nitrogens with zero attached hydrogens (tertiary/aromatic N) is 1. The molecular weight excluding hydrogens is 284 g/mol. The van der Waals surface area contributed by atoms with Gasteiger partial charge in [0.15, 0.2) is 4.77 Å². The zero-order valence-electron chi connectivity index (χ0n) is 10.2. The minimum absolute atomic E-state index is 0.301. The molecule has 5 heteroatoms. The Hall–Kier alpha value is -0.450. The van der Waals surface area contributed by atoms with E-state index in [1.807, 2.05) is 18.2 Å². The standard InChI is InChI=1S/C13H15ClN2S2/c1-13(5-2-6-18-13)8-16-11-7-9(14)3-4-10(11)15-12(16)17/h3-4,7H,2,5-6,8H2,1H3,(H,15,17). The molecule has 2 heterocycles. The average Bonchev–Trinajstić information content (AvgIpc) is 2.86. The fourth-order valence-corrected chi connectivity index (χ4v) is 4.31. The van der Waals surface area contributed by atoms with Crippen molar-refractivity contribution in [3.05, 3.63) is 28.0 Å². The first-order chi connectivity index (χ1) is 8.57. The van der Waals surface area contributed by atoms with Gasteiger partial charge in [0.2, 0.25) is 0 Å². The molecule has 0 amide bonds. The highest BCUT2D eigenvalue weighted by molar-refractivity contribution is 8.00. The fourth-order valence-electron chi connectivity index (χ4n) is 2.58. The maximum absolute atomic E-state index is 6.08. The number of hydrogen-bond acceptors (Lipinski definition) is 2. The van der Waals surface area contributed by atoms with E-state index in [0.717, 1.165) is 27.4 Å². The van der Waals surface area contributed by atoms with E-state index in [9.17, 15) is 0 Å². The Kier molecular flexibility index (Phi) is 3.20. The van der Waals surface area contributed by atoms with Crippen LogP contribution in [0.15, 0.2) is 18.2 Å². The molecule has 18 heavy (non-hydrogen) atoms. The van der Waals surface area contributed by atoms with Crippen LogP contribution in [0.1, 0.15) is 19.8 Å². The number of benzene rings is 1. The van der Waals surface area contributed by atoms with Crippen molar-refractivity contribution < 1.29 is 0 Å². The molecule has 1 aliphatic rings. The van der Waals surface area contributed by atoms with Gasteiger partial charge < -0.3 is 9.55 Å². The highest BCUT2D eigenvalue weighted by Gasteiger charge is 2.30. The van der Waals surface area contributed by atoms with Crippen LogP contribution in [0.2, 0.25) is 5.02 Å². The Morgan fingerprint density at radius 2 is 2.39 bits per heavy atom. The van der Waals surface area contributed by atoms with Crippen molar-refractivity contribution >= 4 is 46.6 Å². The minimum atomic E-state index is 0.301. The summed E-state index contributed by atoms with van der Waals surface area (Å²) in [5.41, 5.74) is 2.18. The van der Waals surface area contributed by atoms with E-state index in [-0.39, 0.29) is 0 Å². The molecule has 3 rings (SSSR count). The predicted octanol–water partition coefficient (Wildman–Crippen LogP) is 4.64. The molecule has 1 N–H and O–H groups in total. The van der Waals surface area contributed by atoms with Gasteiger partial charge in [0.1, 0.15) is 0 Å². The van der Waals surface area contributed by atoms with Crippen molar-refractivity contribution in [1.29, 1.82) is 0 Å². The third-order valence-corrected chi connectivity index (χ3v) is 5.61. The topological polar surface area (TPSA) is 20.7 Å². The molecule has 96 valence electrons. The number of hydrogen-bond donors (Lipinski definition) is 1. The normalized spacial score (nSPS) is 23.9. The van der Waals surface area contributed by atoms with E-state index in [1.54, 1.807) is 0 Å². The van der Waals surface area contributed by atoms with Crippen LogP contribution in [-0.4, -0.2) is 20.1 Å². The molecule has 2 nitrogen and oxygen atoms in total. The summed E-state index contributed by atoms with van der Waals surface area (Å²) in [6, 6.07) is 5.88. The fraction of sp³-hybridized carbons (Fsp3) is 0.462. The summed E-state index contributed by atoms with van der Waals surface area (Å²) in [6.45, 7) is 3.28. The van der Waals surface area contributed by atoms with Gasteiger partial charge in [0, 0.05) is 16.3 Å². The van der Waals surface area contributed by atoms with Crippen molar-refractivity contribution in [2.45, 2.75) is 31.1 Å². The van der Waals surface area contributed by atoms with E-state index < -0.39 is 0 Å². The second kappa shape index (κ2) is 4.58. The second-order valence-corrected chi connectivity index (χ2v) is 7.59. The third-order valence-electron chi connectivity index (χ3n) is 3.53. The number of thioether (sulfide) groups is 1. The summed E-state index contributed by atoms with van der Waals surface area (Å²) in [6.07, 6.45) is 2.56. The lowest BCUT2D eigenvalue weighted by molar-refractivity contribution is 0.515. The second-order valence-electron chi connectivity index (χ2n) is 5.08. The van der Waals surface area contributed by atoms with Crippen LogP contribution < -0.4 is 0 Å². The molecule has 1 fully saturated rings. The number of aromatic nitrogens is 2. The number of fused-ring (bicyclic) bond motifs is 1. The van der Waals surface area contributed by atoms with Crippen molar-refractivity contribution in [1.82, 2.24) is 9.55 Å². The van der Waals surface area contributed by atoms with Crippen LogP contribution in [-0.2, 0) is 6.54 Å². The molecule has 1 aliphatic heterocycles. The van der Waals surface area contributed by atoms with Gasteiger partial charge in [-0.05, 0) is 55.9 Å². The van der Waals surface area contributed by atoms with Crippen molar-refractivity contribution in [2.75, 3.05) is 5.75 Å². The lowest BCUT2D eigenvalue weighted by atomic mass is 10.1. The number of H-pyrrole nitrogens is 1. The molecule has 2 aromatic rings. The van der Waals surface area contributed by atoms with E-state index >= 15 is 0 Å². The van der Waals surface area contributed by atoms with Gasteiger partial charge in [-0.25, -0.2) is 0 Å². The van der Waals surface area contributed by atoms with Crippen LogP contribution >= 0.6 is 35.6 Å². The number of halogens is 1. The number of aromatic amines is 1. The monoisotopic (exact) mass is 298 g/mol. The van der Waals surface area contributed by atoms with Crippen molar-refractivity contribution in [3.63, 3.8) is 0 Å². The molecule has 0 spiro atoms. The molecule has 0 saturated carbocycles. The van der Waals surface area contributed by atoms with Crippen molar-refractivity contribution in [2.24, 2.45) is 0 Å². The zero-order valence-corrected chi connectivity index (χ0v) is 12.6. The predicted molar refractivity (Wildman–Crippen MR) is 82.2 cm³/mol. The average molecular weight is 299 g/mol. The van der Waals surface area contributed by atoms with Gasteiger partial charge in [-0.1, -0.05) is 11.6 Å². The first kappa shape index (κ1) is 12.6. The molecular formula is C13H15ClN2S2. The first-order valence-electron chi connectivity index (χ1n) is 6.09. The minimum Gasteiger partial charge on any atom is -0.331 e. The Morgan fingerprint density at radius 3 is 3.11 bits per heavy atom. The number of nitrogens with one attached hydrogen (secondary N) is 1. The highest BCUT2D eigenvalue weighted by atomic mass is 35.5. The van der Waals surface area contributed by atoms with Crippen LogP contribution in [0.5, 0.6) is 0 Å². The summed E-state index contributed by atoms with van der Waals surface area (Å²) in [7, 11) is 0. The lowest BCUT2D eigenvalue weighted by Crippen LogP contribution is -2.23. The summed E-state index contributed by atoms with van der Waals surface area (Å²) in [5, 5.41) is 0.759. The van der Waals surface area contributed by atoms with E-state index in [4.69, 9.17) is 23.8 Å². The Bertz CT molecular complexity index is 638. The molecule has 1 unspecified atom stereocenters. The van der Waals surface area contributed by atoms with Gasteiger partial charge in [0.05, 0.1) is 11.0 Å². The summed E-state index contributed by atoms with van der Waals surface area (Å²) in [5.74, 6) is 1.26. The summed E-state index contributed by atoms with van der Waals surface area (Å²) in [4.78, 5) is 3.26. The smallest absolute Gasteiger partial charge is 0.178 e. The molecule has 1 aromatic heterocycles.